The van der Waals surface area contributed by atoms with Crippen molar-refractivity contribution in [3.8, 4) is 0 Å². The molecule has 0 bridgehead atoms. The molecule has 2 N–H and O–H groups in total. The Morgan fingerprint density at radius 2 is 2.05 bits per heavy atom. The fourth-order valence-corrected chi connectivity index (χ4v) is 3.92. The van der Waals surface area contributed by atoms with E-state index >= 15 is 0 Å². The molecule has 1 aromatic carbocycles. The van der Waals surface area contributed by atoms with Gasteiger partial charge in [0, 0.05) is 18.5 Å². The molecule has 0 aromatic heterocycles. The summed E-state index contributed by atoms with van der Waals surface area (Å²) in [6.45, 7) is 3.00. The standard InChI is InChI=1S/C17H24N2O2S/c1-2-14(13-7-4-3-5-8-13)15-9-6-10-19(15)17(21)12-22-11-16(18)20/h3-5,7-8,14-15H,2,6,9-12H2,1H3,(H2,18,20)/t14-,15+/m1/s1. The number of hydrogen-bond acceptors (Lipinski definition) is 3. The first-order chi connectivity index (χ1) is 10.6. The number of carbonyl (C=O) groups excluding carboxylic acids is 2. The van der Waals surface area contributed by atoms with E-state index in [0.717, 1.165) is 25.8 Å². The molecule has 22 heavy (non-hydrogen) atoms. The number of benzene rings is 1. The Balaban J connectivity index is 2.02. The van der Waals surface area contributed by atoms with Gasteiger partial charge in [0.25, 0.3) is 0 Å². The molecule has 1 aliphatic heterocycles. The molecule has 1 fully saturated rings. The van der Waals surface area contributed by atoms with Crippen molar-refractivity contribution in [3.63, 3.8) is 0 Å². The van der Waals surface area contributed by atoms with Gasteiger partial charge in [-0.15, -0.1) is 11.8 Å². The highest BCUT2D eigenvalue weighted by Gasteiger charge is 2.34. The number of nitrogens with two attached hydrogens (primary N) is 1. The van der Waals surface area contributed by atoms with Crippen LogP contribution in [0.5, 0.6) is 0 Å². The highest BCUT2D eigenvalue weighted by Crippen LogP contribution is 2.33. The summed E-state index contributed by atoms with van der Waals surface area (Å²) in [6, 6.07) is 10.7. The van der Waals surface area contributed by atoms with Crippen LogP contribution < -0.4 is 5.73 Å². The van der Waals surface area contributed by atoms with Gasteiger partial charge in [-0.05, 0) is 24.8 Å². The molecule has 4 nitrogen and oxygen atoms in total. The number of likely N-dealkylation sites (tertiary alicyclic amines) is 1. The van der Waals surface area contributed by atoms with Gasteiger partial charge in [-0.2, -0.15) is 0 Å². The molecule has 2 rings (SSSR count). The minimum absolute atomic E-state index is 0.128. The molecule has 5 heteroatoms. The van der Waals surface area contributed by atoms with Crippen LogP contribution in [0.4, 0.5) is 0 Å². The van der Waals surface area contributed by atoms with E-state index in [2.05, 4.69) is 31.2 Å². The lowest BCUT2D eigenvalue weighted by atomic mass is 9.87. The number of amides is 2. The fraction of sp³-hybridized carbons (Fsp3) is 0.529. The van der Waals surface area contributed by atoms with Crippen molar-refractivity contribution < 1.29 is 9.59 Å². The minimum atomic E-state index is -0.369. The molecule has 0 unspecified atom stereocenters. The smallest absolute Gasteiger partial charge is 0.232 e. The highest BCUT2D eigenvalue weighted by molar-refractivity contribution is 8.00. The van der Waals surface area contributed by atoms with Crippen molar-refractivity contribution in [2.75, 3.05) is 18.1 Å². The number of rotatable bonds is 7. The second kappa shape index (κ2) is 8.22. The quantitative estimate of drug-likeness (QED) is 0.839. The average Bonchev–Trinajstić information content (AvgIpc) is 2.98. The molecule has 1 aliphatic rings. The predicted octanol–water partition coefficient (Wildman–Crippen LogP) is 2.39. The highest BCUT2D eigenvalue weighted by atomic mass is 32.2. The van der Waals surface area contributed by atoms with Gasteiger partial charge in [-0.3, -0.25) is 9.59 Å². The zero-order chi connectivity index (χ0) is 15.9. The summed E-state index contributed by atoms with van der Waals surface area (Å²) in [6.07, 6.45) is 3.13. The lowest BCUT2D eigenvalue weighted by Gasteiger charge is -2.31. The maximum Gasteiger partial charge on any atom is 0.232 e. The van der Waals surface area contributed by atoms with E-state index in [1.807, 2.05) is 11.0 Å². The van der Waals surface area contributed by atoms with Crippen LogP contribution in [0.3, 0.4) is 0 Å². The van der Waals surface area contributed by atoms with Crippen LogP contribution in [0.1, 0.15) is 37.7 Å². The second-order valence-corrected chi connectivity index (χ2v) is 6.67. The molecule has 2 atom stereocenters. The van der Waals surface area contributed by atoms with Crippen LogP contribution in [0, 0.1) is 0 Å². The first kappa shape index (κ1) is 16.9. The van der Waals surface area contributed by atoms with E-state index in [0.29, 0.717) is 11.7 Å². The van der Waals surface area contributed by atoms with Crippen molar-refractivity contribution in [1.29, 1.82) is 0 Å². The van der Waals surface area contributed by atoms with Crippen molar-refractivity contribution in [2.45, 2.75) is 38.1 Å². The van der Waals surface area contributed by atoms with Gasteiger partial charge < -0.3 is 10.6 Å². The lowest BCUT2D eigenvalue weighted by molar-refractivity contribution is -0.129. The lowest BCUT2D eigenvalue weighted by Crippen LogP contribution is -2.40. The van der Waals surface area contributed by atoms with E-state index < -0.39 is 0 Å². The van der Waals surface area contributed by atoms with Crippen molar-refractivity contribution in [1.82, 2.24) is 4.90 Å². The van der Waals surface area contributed by atoms with E-state index in [4.69, 9.17) is 5.73 Å². The molecule has 0 spiro atoms. The van der Waals surface area contributed by atoms with Crippen LogP contribution in [-0.2, 0) is 9.59 Å². The zero-order valence-electron chi connectivity index (χ0n) is 13.0. The van der Waals surface area contributed by atoms with Crippen molar-refractivity contribution in [2.24, 2.45) is 5.73 Å². The van der Waals surface area contributed by atoms with E-state index in [1.54, 1.807) is 0 Å². The first-order valence-electron chi connectivity index (χ1n) is 7.84. The summed E-state index contributed by atoms with van der Waals surface area (Å²) in [4.78, 5) is 25.2. The van der Waals surface area contributed by atoms with Crippen LogP contribution in [0.25, 0.3) is 0 Å². The van der Waals surface area contributed by atoms with E-state index in [-0.39, 0.29) is 23.6 Å². The molecule has 1 aromatic rings. The molecular formula is C17H24N2O2S. The summed E-state index contributed by atoms with van der Waals surface area (Å²) in [5, 5.41) is 0. The summed E-state index contributed by atoms with van der Waals surface area (Å²) in [7, 11) is 0. The van der Waals surface area contributed by atoms with Gasteiger partial charge in [-0.1, -0.05) is 37.3 Å². The normalized spacial score (nSPS) is 19.1. The topological polar surface area (TPSA) is 63.4 Å². The number of carbonyl (C=O) groups is 2. The molecule has 120 valence electrons. The summed E-state index contributed by atoms with van der Waals surface area (Å²) < 4.78 is 0. The summed E-state index contributed by atoms with van der Waals surface area (Å²) >= 11 is 1.31. The monoisotopic (exact) mass is 320 g/mol. The number of primary amides is 1. The van der Waals surface area contributed by atoms with Crippen LogP contribution >= 0.6 is 11.8 Å². The molecule has 2 amide bonds. The minimum Gasteiger partial charge on any atom is -0.369 e. The summed E-state index contributed by atoms with van der Waals surface area (Å²) in [5.41, 5.74) is 6.43. The second-order valence-electron chi connectivity index (χ2n) is 5.68. The van der Waals surface area contributed by atoms with Crippen LogP contribution in [-0.4, -0.2) is 40.8 Å². The molecule has 1 heterocycles. The maximum absolute atomic E-state index is 12.4. The number of nitrogens with zero attached hydrogens (tertiary/aromatic N) is 1. The zero-order valence-corrected chi connectivity index (χ0v) is 13.8. The Kier molecular flexibility index (Phi) is 6.31. The molecule has 0 radical (unpaired) electrons. The molecule has 0 aliphatic carbocycles. The Labute approximate surface area is 136 Å². The van der Waals surface area contributed by atoms with E-state index in [9.17, 15) is 9.59 Å². The number of thioether (sulfide) groups is 1. The first-order valence-corrected chi connectivity index (χ1v) is 8.99. The molecule has 0 saturated carbocycles. The fourth-order valence-electron chi connectivity index (χ4n) is 3.27. The van der Waals surface area contributed by atoms with Gasteiger partial charge in [0.1, 0.15) is 0 Å². The predicted molar refractivity (Wildman–Crippen MR) is 90.7 cm³/mol. The van der Waals surface area contributed by atoms with Gasteiger partial charge >= 0.3 is 0 Å². The number of hydrogen-bond donors (Lipinski definition) is 1. The van der Waals surface area contributed by atoms with Gasteiger partial charge in [-0.25, -0.2) is 0 Å². The Hall–Kier alpha value is -1.49. The summed E-state index contributed by atoms with van der Waals surface area (Å²) in [5.74, 6) is 0.688. The average molecular weight is 320 g/mol. The third-order valence-electron chi connectivity index (χ3n) is 4.22. The SMILES string of the molecule is CC[C@H](c1ccccc1)[C@@H]1CCCN1C(=O)CSCC(N)=O. The maximum atomic E-state index is 12.4. The Bertz CT molecular complexity index is 507. The van der Waals surface area contributed by atoms with E-state index in [1.165, 1.54) is 17.3 Å². The molecular weight excluding hydrogens is 296 g/mol. The Morgan fingerprint density at radius 1 is 1.32 bits per heavy atom. The third kappa shape index (κ3) is 4.26. The molecule has 1 saturated heterocycles. The van der Waals surface area contributed by atoms with Gasteiger partial charge in [0.05, 0.1) is 11.5 Å². The van der Waals surface area contributed by atoms with Crippen LogP contribution in [0.2, 0.25) is 0 Å². The van der Waals surface area contributed by atoms with Crippen molar-refractivity contribution >= 4 is 23.6 Å². The third-order valence-corrected chi connectivity index (χ3v) is 5.16. The van der Waals surface area contributed by atoms with Gasteiger partial charge in [0.15, 0.2) is 0 Å². The van der Waals surface area contributed by atoms with Gasteiger partial charge in [0.2, 0.25) is 11.8 Å². The Morgan fingerprint density at radius 3 is 2.68 bits per heavy atom. The van der Waals surface area contributed by atoms with Crippen molar-refractivity contribution in [3.05, 3.63) is 35.9 Å². The largest absolute Gasteiger partial charge is 0.369 e. The van der Waals surface area contributed by atoms with Crippen LogP contribution in [0.15, 0.2) is 30.3 Å².